The Morgan fingerprint density at radius 2 is 2.21 bits per heavy atom. The van der Waals surface area contributed by atoms with Gasteiger partial charge in [-0.1, -0.05) is 18.2 Å². The number of nitrogens with one attached hydrogen (secondary N) is 1. The van der Waals surface area contributed by atoms with Crippen LogP contribution < -0.4 is 5.32 Å². The van der Waals surface area contributed by atoms with Crippen molar-refractivity contribution in [3.63, 3.8) is 0 Å². The lowest BCUT2D eigenvalue weighted by atomic mass is 9.96. The highest BCUT2D eigenvalue weighted by Crippen LogP contribution is 2.18. The molecule has 1 unspecified atom stereocenters. The van der Waals surface area contributed by atoms with Gasteiger partial charge in [0.2, 0.25) is 0 Å². The van der Waals surface area contributed by atoms with Gasteiger partial charge in [-0.2, -0.15) is 0 Å². The van der Waals surface area contributed by atoms with E-state index in [2.05, 4.69) is 25.2 Å². The Bertz CT molecular complexity index is 371. The van der Waals surface area contributed by atoms with Gasteiger partial charge in [0.25, 0.3) is 0 Å². The van der Waals surface area contributed by atoms with Crippen molar-refractivity contribution in [1.82, 2.24) is 5.32 Å². The predicted molar refractivity (Wildman–Crippen MR) is 56.7 cm³/mol. The molecule has 1 aliphatic rings. The molecule has 0 aliphatic carbocycles. The van der Waals surface area contributed by atoms with E-state index in [1.807, 2.05) is 12.1 Å². The van der Waals surface area contributed by atoms with E-state index < -0.39 is 0 Å². The molecule has 1 aromatic rings. The van der Waals surface area contributed by atoms with Crippen LogP contribution in [0, 0.1) is 6.92 Å². The van der Waals surface area contributed by atoms with Crippen molar-refractivity contribution in [3.05, 3.63) is 34.9 Å². The Labute approximate surface area is 84.3 Å². The van der Waals surface area contributed by atoms with Crippen molar-refractivity contribution in [2.45, 2.75) is 26.3 Å². The first-order chi connectivity index (χ1) is 6.68. The quantitative estimate of drug-likeness (QED) is 0.673. The molecule has 0 spiro atoms. The van der Waals surface area contributed by atoms with Crippen LogP contribution in [0.15, 0.2) is 18.2 Å². The second-order valence-electron chi connectivity index (χ2n) is 4.01. The molecule has 1 N–H and O–H groups in total. The Kier molecular flexibility index (Phi) is 2.38. The number of carbonyl (C=O) groups is 1. The van der Waals surface area contributed by atoms with Gasteiger partial charge in [-0.25, -0.2) is 0 Å². The van der Waals surface area contributed by atoms with Crippen molar-refractivity contribution in [2.24, 2.45) is 0 Å². The lowest BCUT2D eigenvalue weighted by molar-refractivity contribution is 0.0991. The number of benzene rings is 1. The van der Waals surface area contributed by atoms with E-state index in [0.29, 0.717) is 12.6 Å². The van der Waals surface area contributed by atoms with Gasteiger partial charge in [0.05, 0.1) is 6.54 Å². The van der Waals surface area contributed by atoms with E-state index in [1.54, 1.807) is 0 Å². The van der Waals surface area contributed by atoms with Gasteiger partial charge in [0, 0.05) is 11.6 Å². The highest BCUT2D eigenvalue weighted by atomic mass is 16.1. The van der Waals surface area contributed by atoms with E-state index in [0.717, 1.165) is 12.0 Å². The largest absolute Gasteiger partial charge is 0.307 e. The number of fused-ring (bicyclic) bond motifs is 1. The zero-order valence-corrected chi connectivity index (χ0v) is 8.63. The number of Topliss-reactive ketones (excluding diaryl/α,β-unsaturated/α-hetero) is 1. The molecular weight excluding hydrogens is 174 g/mol. The van der Waals surface area contributed by atoms with Crippen LogP contribution in [-0.4, -0.2) is 18.4 Å². The maximum absolute atomic E-state index is 11.7. The van der Waals surface area contributed by atoms with Gasteiger partial charge >= 0.3 is 0 Å². The third-order valence-electron chi connectivity index (χ3n) is 2.83. The Morgan fingerprint density at radius 3 is 3.00 bits per heavy atom. The molecule has 74 valence electrons. The number of aryl methyl sites for hydroxylation is 1. The molecule has 2 nitrogen and oxygen atoms in total. The summed E-state index contributed by atoms with van der Waals surface area (Å²) in [7, 11) is 0. The molecule has 0 amide bonds. The molecule has 2 rings (SSSR count). The van der Waals surface area contributed by atoms with Crippen LogP contribution in [0.4, 0.5) is 0 Å². The third kappa shape index (κ3) is 1.58. The van der Waals surface area contributed by atoms with Crippen molar-refractivity contribution in [1.29, 1.82) is 0 Å². The van der Waals surface area contributed by atoms with Crippen LogP contribution >= 0.6 is 0 Å². The number of rotatable bonds is 0. The highest BCUT2D eigenvalue weighted by molar-refractivity contribution is 5.99. The topological polar surface area (TPSA) is 29.1 Å². The summed E-state index contributed by atoms with van der Waals surface area (Å²) in [5.74, 6) is 0.216. The van der Waals surface area contributed by atoms with Crippen molar-refractivity contribution in [3.8, 4) is 0 Å². The summed E-state index contributed by atoms with van der Waals surface area (Å²) >= 11 is 0. The summed E-state index contributed by atoms with van der Waals surface area (Å²) in [6, 6.07) is 6.36. The van der Waals surface area contributed by atoms with E-state index in [4.69, 9.17) is 0 Å². The minimum absolute atomic E-state index is 0.216. The standard InChI is InChI=1S/C12H15NO/c1-8-4-3-5-10-11(8)6-9(2)13-7-12(10)14/h3-5,9,13H,6-7H2,1-2H3. The SMILES string of the molecule is Cc1cccc2c1CC(C)NCC2=O. The fourth-order valence-electron chi connectivity index (χ4n) is 1.97. The summed E-state index contributed by atoms with van der Waals surface area (Å²) in [5, 5.41) is 3.22. The maximum atomic E-state index is 11.7. The summed E-state index contributed by atoms with van der Waals surface area (Å²) < 4.78 is 0. The molecule has 0 fully saturated rings. The first-order valence-corrected chi connectivity index (χ1v) is 5.03. The molecule has 1 aliphatic heterocycles. The Hall–Kier alpha value is -1.15. The fraction of sp³-hybridized carbons (Fsp3) is 0.417. The third-order valence-corrected chi connectivity index (χ3v) is 2.83. The van der Waals surface area contributed by atoms with E-state index in [9.17, 15) is 4.79 Å². The van der Waals surface area contributed by atoms with Crippen LogP contribution in [0.5, 0.6) is 0 Å². The van der Waals surface area contributed by atoms with E-state index >= 15 is 0 Å². The second kappa shape index (κ2) is 3.54. The van der Waals surface area contributed by atoms with Gasteiger partial charge in [0.1, 0.15) is 0 Å². The number of ketones is 1. The number of hydrogen-bond donors (Lipinski definition) is 1. The van der Waals surface area contributed by atoms with Crippen LogP contribution in [0.1, 0.15) is 28.4 Å². The van der Waals surface area contributed by atoms with Crippen LogP contribution in [0.3, 0.4) is 0 Å². The molecule has 0 saturated carbocycles. The molecule has 1 heterocycles. The lowest BCUT2D eigenvalue weighted by Crippen LogP contribution is -2.29. The van der Waals surface area contributed by atoms with Gasteiger partial charge in [-0.3, -0.25) is 4.79 Å². The zero-order valence-electron chi connectivity index (χ0n) is 8.63. The van der Waals surface area contributed by atoms with Crippen molar-refractivity contribution < 1.29 is 4.79 Å². The van der Waals surface area contributed by atoms with Gasteiger partial charge in [-0.15, -0.1) is 0 Å². The molecule has 0 bridgehead atoms. The summed E-state index contributed by atoms with van der Waals surface area (Å²) in [6.07, 6.45) is 0.952. The maximum Gasteiger partial charge on any atom is 0.176 e. The minimum Gasteiger partial charge on any atom is -0.307 e. The number of hydrogen-bond acceptors (Lipinski definition) is 2. The van der Waals surface area contributed by atoms with Crippen LogP contribution in [-0.2, 0) is 6.42 Å². The summed E-state index contributed by atoms with van der Waals surface area (Å²) in [5.41, 5.74) is 3.35. The van der Waals surface area contributed by atoms with E-state index in [-0.39, 0.29) is 5.78 Å². The van der Waals surface area contributed by atoms with Gasteiger partial charge in [0.15, 0.2) is 5.78 Å². The predicted octanol–water partition coefficient (Wildman–Crippen LogP) is 1.71. The zero-order chi connectivity index (χ0) is 10.1. The molecule has 2 heteroatoms. The average Bonchev–Trinajstić information content (AvgIpc) is 2.30. The fourth-order valence-corrected chi connectivity index (χ4v) is 1.97. The number of carbonyl (C=O) groups excluding carboxylic acids is 1. The molecule has 1 aromatic carbocycles. The minimum atomic E-state index is 0.216. The Morgan fingerprint density at radius 1 is 1.43 bits per heavy atom. The molecule has 14 heavy (non-hydrogen) atoms. The average molecular weight is 189 g/mol. The summed E-state index contributed by atoms with van der Waals surface area (Å²) in [6.45, 7) is 4.66. The van der Waals surface area contributed by atoms with Crippen molar-refractivity contribution >= 4 is 5.78 Å². The smallest absolute Gasteiger partial charge is 0.176 e. The lowest BCUT2D eigenvalue weighted by Gasteiger charge is -2.10. The Balaban J connectivity index is 2.52. The monoisotopic (exact) mass is 189 g/mol. The second-order valence-corrected chi connectivity index (χ2v) is 4.01. The van der Waals surface area contributed by atoms with Gasteiger partial charge in [-0.05, 0) is 31.4 Å². The van der Waals surface area contributed by atoms with Crippen LogP contribution in [0.25, 0.3) is 0 Å². The van der Waals surface area contributed by atoms with Gasteiger partial charge < -0.3 is 5.32 Å². The van der Waals surface area contributed by atoms with Crippen molar-refractivity contribution in [2.75, 3.05) is 6.54 Å². The normalized spacial score (nSPS) is 21.6. The van der Waals surface area contributed by atoms with Crippen LogP contribution in [0.2, 0.25) is 0 Å². The van der Waals surface area contributed by atoms with E-state index in [1.165, 1.54) is 11.1 Å². The first-order valence-electron chi connectivity index (χ1n) is 5.03. The first kappa shape index (κ1) is 9.41. The molecule has 0 radical (unpaired) electrons. The molecule has 0 saturated heterocycles. The molecule has 0 aromatic heterocycles. The molecule has 1 atom stereocenters. The summed E-state index contributed by atoms with van der Waals surface area (Å²) in [4.78, 5) is 11.7. The molecular formula is C12H15NO. The highest BCUT2D eigenvalue weighted by Gasteiger charge is 2.19.